The fourth-order valence-electron chi connectivity index (χ4n) is 2.03. The van der Waals surface area contributed by atoms with Crippen molar-refractivity contribution in [2.45, 2.75) is 45.1 Å². The van der Waals surface area contributed by atoms with Crippen molar-refractivity contribution in [3.63, 3.8) is 0 Å². The fraction of sp³-hybridized carbons (Fsp3) is 1.00. The zero-order valence-corrected chi connectivity index (χ0v) is 10.0. The highest BCUT2D eigenvalue weighted by Gasteiger charge is 2.13. The number of hydrogen-bond donors (Lipinski definition) is 2. The van der Waals surface area contributed by atoms with Crippen LogP contribution in [0.5, 0.6) is 0 Å². The van der Waals surface area contributed by atoms with E-state index in [-0.39, 0.29) is 0 Å². The van der Waals surface area contributed by atoms with Gasteiger partial charge in [-0.2, -0.15) is 0 Å². The summed E-state index contributed by atoms with van der Waals surface area (Å²) in [6.45, 7) is 6.17. The van der Waals surface area contributed by atoms with E-state index in [1.807, 2.05) is 0 Å². The van der Waals surface area contributed by atoms with E-state index in [1.165, 1.54) is 25.7 Å². The molecule has 0 aromatic carbocycles. The lowest BCUT2D eigenvalue weighted by molar-refractivity contribution is 0.0166. The zero-order valence-electron chi connectivity index (χ0n) is 10.0. The van der Waals surface area contributed by atoms with Crippen LogP contribution in [0.4, 0.5) is 0 Å². The molecule has 15 heavy (non-hydrogen) atoms. The topological polar surface area (TPSA) is 47.3 Å². The molecule has 2 unspecified atom stereocenters. The van der Waals surface area contributed by atoms with E-state index in [4.69, 9.17) is 10.5 Å². The summed E-state index contributed by atoms with van der Waals surface area (Å²) < 4.78 is 5.66. The Morgan fingerprint density at radius 3 is 3.00 bits per heavy atom. The van der Waals surface area contributed by atoms with E-state index < -0.39 is 0 Å². The smallest absolute Gasteiger partial charge is 0.0699 e. The van der Waals surface area contributed by atoms with Crippen LogP contribution < -0.4 is 11.1 Å². The van der Waals surface area contributed by atoms with Gasteiger partial charge in [0.15, 0.2) is 0 Å². The van der Waals surface area contributed by atoms with E-state index in [1.54, 1.807) is 0 Å². The van der Waals surface area contributed by atoms with Crippen LogP contribution in [0.15, 0.2) is 0 Å². The van der Waals surface area contributed by atoms with Gasteiger partial charge >= 0.3 is 0 Å². The normalized spacial score (nSPS) is 24.0. The summed E-state index contributed by atoms with van der Waals surface area (Å²) in [5.74, 6) is 0.733. The van der Waals surface area contributed by atoms with Crippen LogP contribution in [0.25, 0.3) is 0 Å². The monoisotopic (exact) mass is 214 g/mol. The predicted octanol–water partition coefficient (Wildman–Crippen LogP) is 1.52. The van der Waals surface area contributed by atoms with Gasteiger partial charge in [-0.1, -0.05) is 6.92 Å². The van der Waals surface area contributed by atoms with Crippen molar-refractivity contribution in [1.82, 2.24) is 5.32 Å². The van der Waals surface area contributed by atoms with Gasteiger partial charge in [0.25, 0.3) is 0 Å². The fourth-order valence-corrected chi connectivity index (χ4v) is 2.03. The quantitative estimate of drug-likeness (QED) is 0.675. The molecule has 3 N–H and O–H groups in total. The summed E-state index contributed by atoms with van der Waals surface area (Å²) in [7, 11) is 0. The van der Waals surface area contributed by atoms with Crippen LogP contribution in [-0.4, -0.2) is 32.3 Å². The Morgan fingerprint density at radius 1 is 1.47 bits per heavy atom. The zero-order chi connectivity index (χ0) is 10.9. The summed E-state index contributed by atoms with van der Waals surface area (Å²) in [6, 6.07) is 0. The first-order valence-electron chi connectivity index (χ1n) is 6.35. The molecule has 0 spiro atoms. The Bertz CT molecular complexity index is 147. The maximum absolute atomic E-state index is 5.66. The summed E-state index contributed by atoms with van der Waals surface area (Å²) in [5.41, 5.74) is 5.48. The Balaban J connectivity index is 1.94. The van der Waals surface area contributed by atoms with E-state index in [9.17, 15) is 0 Å². The largest absolute Gasteiger partial charge is 0.377 e. The highest BCUT2D eigenvalue weighted by molar-refractivity contribution is 4.67. The summed E-state index contributed by atoms with van der Waals surface area (Å²) in [4.78, 5) is 0. The number of nitrogens with two attached hydrogens (primary N) is 1. The Kier molecular flexibility index (Phi) is 6.98. The van der Waals surface area contributed by atoms with Gasteiger partial charge in [-0.25, -0.2) is 0 Å². The molecule has 0 aliphatic carbocycles. The van der Waals surface area contributed by atoms with E-state index >= 15 is 0 Å². The van der Waals surface area contributed by atoms with E-state index in [0.29, 0.717) is 6.10 Å². The molecule has 1 fully saturated rings. The van der Waals surface area contributed by atoms with Gasteiger partial charge in [0.2, 0.25) is 0 Å². The lowest BCUT2D eigenvalue weighted by Gasteiger charge is -2.23. The molecule has 1 rings (SSSR count). The lowest BCUT2D eigenvalue weighted by Crippen LogP contribution is -2.34. The SMILES string of the molecule is CC(CCCN)CNCC1CCCCO1. The van der Waals surface area contributed by atoms with Gasteiger partial charge < -0.3 is 15.8 Å². The first-order chi connectivity index (χ1) is 7.33. The van der Waals surface area contributed by atoms with Crippen LogP contribution in [0.2, 0.25) is 0 Å². The molecule has 1 aliphatic heterocycles. The Labute approximate surface area is 93.8 Å². The second-order valence-corrected chi connectivity index (χ2v) is 4.68. The van der Waals surface area contributed by atoms with Crippen LogP contribution in [0.1, 0.15) is 39.0 Å². The van der Waals surface area contributed by atoms with Crippen molar-refractivity contribution in [3.8, 4) is 0 Å². The standard InChI is InChI=1S/C12H26N2O/c1-11(5-4-7-13)9-14-10-12-6-2-3-8-15-12/h11-12,14H,2-10,13H2,1H3. The Hall–Kier alpha value is -0.120. The van der Waals surface area contributed by atoms with Crippen molar-refractivity contribution >= 4 is 0 Å². The molecule has 0 amide bonds. The van der Waals surface area contributed by atoms with Crippen LogP contribution >= 0.6 is 0 Å². The second-order valence-electron chi connectivity index (χ2n) is 4.68. The summed E-state index contributed by atoms with van der Waals surface area (Å²) in [6.07, 6.45) is 6.63. The molecule has 0 radical (unpaired) electrons. The molecule has 1 saturated heterocycles. The first kappa shape index (κ1) is 12.9. The van der Waals surface area contributed by atoms with E-state index in [2.05, 4.69) is 12.2 Å². The van der Waals surface area contributed by atoms with Crippen molar-refractivity contribution in [2.75, 3.05) is 26.2 Å². The molecule has 0 aromatic heterocycles. The number of rotatable bonds is 7. The Morgan fingerprint density at radius 2 is 2.33 bits per heavy atom. The van der Waals surface area contributed by atoms with Crippen LogP contribution in [0, 0.1) is 5.92 Å². The van der Waals surface area contributed by atoms with Gasteiger partial charge in [-0.15, -0.1) is 0 Å². The molecule has 2 atom stereocenters. The summed E-state index contributed by atoms with van der Waals surface area (Å²) >= 11 is 0. The van der Waals surface area contributed by atoms with Gasteiger partial charge in [-0.05, 0) is 51.1 Å². The molecule has 0 saturated carbocycles. The number of nitrogens with one attached hydrogen (secondary N) is 1. The minimum atomic E-state index is 0.459. The molecule has 90 valence electrons. The molecule has 0 aromatic rings. The van der Waals surface area contributed by atoms with Gasteiger partial charge in [-0.3, -0.25) is 0 Å². The number of ether oxygens (including phenoxy) is 1. The molecular weight excluding hydrogens is 188 g/mol. The third-order valence-corrected chi connectivity index (χ3v) is 3.04. The minimum absolute atomic E-state index is 0.459. The highest BCUT2D eigenvalue weighted by Crippen LogP contribution is 2.11. The third kappa shape index (κ3) is 6.13. The van der Waals surface area contributed by atoms with Crippen molar-refractivity contribution in [3.05, 3.63) is 0 Å². The van der Waals surface area contributed by atoms with Crippen LogP contribution in [0.3, 0.4) is 0 Å². The number of hydrogen-bond acceptors (Lipinski definition) is 3. The van der Waals surface area contributed by atoms with Crippen molar-refractivity contribution in [1.29, 1.82) is 0 Å². The lowest BCUT2D eigenvalue weighted by atomic mass is 10.1. The minimum Gasteiger partial charge on any atom is -0.377 e. The van der Waals surface area contributed by atoms with Crippen LogP contribution in [-0.2, 0) is 4.74 Å². The van der Waals surface area contributed by atoms with Gasteiger partial charge in [0, 0.05) is 13.2 Å². The van der Waals surface area contributed by atoms with Gasteiger partial charge in [0.1, 0.15) is 0 Å². The van der Waals surface area contributed by atoms with Gasteiger partial charge in [0.05, 0.1) is 6.10 Å². The van der Waals surface area contributed by atoms with Crippen molar-refractivity contribution in [2.24, 2.45) is 11.7 Å². The molecule has 1 heterocycles. The molecule has 3 nitrogen and oxygen atoms in total. The van der Waals surface area contributed by atoms with E-state index in [0.717, 1.165) is 38.6 Å². The molecule has 1 aliphatic rings. The maximum Gasteiger partial charge on any atom is 0.0699 e. The molecule has 0 bridgehead atoms. The predicted molar refractivity (Wildman–Crippen MR) is 63.9 cm³/mol. The van der Waals surface area contributed by atoms with Crippen molar-refractivity contribution < 1.29 is 4.74 Å². The third-order valence-electron chi connectivity index (χ3n) is 3.04. The molecular formula is C12H26N2O. The molecule has 3 heteroatoms. The second kappa shape index (κ2) is 8.08. The first-order valence-corrected chi connectivity index (χ1v) is 6.35. The maximum atomic E-state index is 5.66. The average molecular weight is 214 g/mol. The average Bonchev–Trinajstić information content (AvgIpc) is 2.28. The summed E-state index contributed by atoms with van der Waals surface area (Å²) in [5, 5.41) is 3.50. The highest BCUT2D eigenvalue weighted by atomic mass is 16.5.